The number of amides is 2. The summed E-state index contributed by atoms with van der Waals surface area (Å²) in [5.74, 6) is 1.17. The summed E-state index contributed by atoms with van der Waals surface area (Å²) in [5, 5.41) is 2.54. The highest BCUT2D eigenvalue weighted by atomic mass is 32.2. The van der Waals surface area contributed by atoms with E-state index in [1.54, 1.807) is 49.6 Å². The second-order valence-electron chi connectivity index (χ2n) is 5.51. The smallest absolute Gasteiger partial charge is 0.289 e. The number of nitrogens with one attached hydrogen (secondary N) is 1. The fraction of sp³-hybridized carbons (Fsp3) is 0.105. The Bertz CT molecular complexity index is 923. The largest absolute Gasteiger partial charge is 0.497 e. The summed E-state index contributed by atoms with van der Waals surface area (Å²) in [6.07, 6.45) is 1.82. The average Bonchev–Trinajstić information content (AvgIpc) is 2.99. The van der Waals surface area contributed by atoms with Crippen LogP contribution in [0.15, 0.2) is 58.4 Å². The molecule has 0 unspecified atom stereocenters. The standard InChI is InChI=1S/C19H17N3O4S/c1-25-14-7-5-13(6-8-14)21-18-16(27-19(24)22-18)10-12-3-2-4-15(9-12)26-11-17(20)23/h2-10H,11H2,1H3,(H2,20,23)(H,21,22,24)/b16-10+. The zero-order valence-corrected chi connectivity index (χ0v) is 15.3. The lowest BCUT2D eigenvalue weighted by atomic mass is 10.2. The van der Waals surface area contributed by atoms with Crippen molar-refractivity contribution in [2.24, 2.45) is 10.7 Å². The highest BCUT2D eigenvalue weighted by Crippen LogP contribution is 2.29. The molecule has 27 heavy (non-hydrogen) atoms. The third kappa shape index (κ3) is 5.11. The van der Waals surface area contributed by atoms with Crippen LogP contribution in [-0.4, -0.2) is 30.7 Å². The van der Waals surface area contributed by atoms with Crippen LogP contribution >= 0.6 is 11.8 Å². The predicted octanol–water partition coefficient (Wildman–Crippen LogP) is 3.09. The van der Waals surface area contributed by atoms with Gasteiger partial charge in [0, 0.05) is 0 Å². The van der Waals surface area contributed by atoms with E-state index in [2.05, 4.69) is 10.3 Å². The van der Waals surface area contributed by atoms with E-state index >= 15 is 0 Å². The van der Waals surface area contributed by atoms with Crippen LogP contribution in [-0.2, 0) is 4.79 Å². The molecule has 0 bridgehead atoms. The Morgan fingerprint density at radius 3 is 2.70 bits per heavy atom. The van der Waals surface area contributed by atoms with Crippen LogP contribution in [0.25, 0.3) is 6.08 Å². The van der Waals surface area contributed by atoms with E-state index in [1.807, 2.05) is 12.1 Å². The van der Waals surface area contributed by atoms with Crippen molar-refractivity contribution in [1.82, 2.24) is 5.32 Å². The van der Waals surface area contributed by atoms with E-state index in [-0.39, 0.29) is 11.8 Å². The molecule has 3 N–H and O–H groups in total. The summed E-state index contributed by atoms with van der Waals surface area (Å²) in [5.41, 5.74) is 6.58. The topological polar surface area (TPSA) is 103 Å². The average molecular weight is 383 g/mol. The molecule has 138 valence electrons. The van der Waals surface area contributed by atoms with Crippen molar-refractivity contribution in [1.29, 1.82) is 0 Å². The van der Waals surface area contributed by atoms with Gasteiger partial charge < -0.3 is 20.5 Å². The molecule has 1 heterocycles. The van der Waals surface area contributed by atoms with Gasteiger partial charge in [0.05, 0.1) is 17.7 Å². The number of thioether (sulfide) groups is 1. The molecule has 1 fully saturated rings. The van der Waals surface area contributed by atoms with Gasteiger partial charge in [-0.25, -0.2) is 4.99 Å². The van der Waals surface area contributed by atoms with Crippen LogP contribution in [0.5, 0.6) is 11.5 Å². The van der Waals surface area contributed by atoms with Crippen LogP contribution in [0.1, 0.15) is 5.56 Å². The maximum absolute atomic E-state index is 11.8. The minimum Gasteiger partial charge on any atom is -0.497 e. The Labute approximate surface area is 160 Å². The van der Waals surface area contributed by atoms with Gasteiger partial charge in [-0.1, -0.05) is 12.1 Å². The van der Waals surface area contributed by atoms with Crippen LogP contribution in [0, 0.1) is 0 Å². The van der Waals surface area contributed by atoms with Gasteiger partial charge in [-0.15, -0.1) is 0 Å². The van der Waals surface area contributed by atoms with Gasteiger partial charge in [-0.05, 0) is 59.8 Å². The number of benzene rings is 2. The predicted molar refractivity (Wildman–Crippen MR) is 105 cm³/mol. The highest BCUT2D eigenvalue weighted by Gasteiger charge is 2.23. The van der Waals surface area contributed by atoms with Crippen LogP contribution in [0.2, 0.25) is 0 Å². The molecule has 2 amide bonds. The van der Waals surface area contributed by atoms with Crippen molar-refractivity contribution in [3.05, 3.63) is 59.0 Å². The molecule has 1 aliphatic heterocycles. The second-order valence-corrected chi connectivity index (χ2v) is 6.52. The van der Waals surface area contributed by atoms with Gasteiger partial charge in [0.15, 0.2) is 6.61 Å². The normalized spacial score (nSPS) is 16.4. The molecule has 0 aliphatic carbocycles. The number of methoxy groups -OCH3 is 1. The van der Waals surface area contributed by atoms with Gasteiger partial charge in [0.1, 0.15) is 17.3 Å². The molecular formula is C19H17N3O4S. The van der Waals surface area contributed by atoms with Crippen molar-refractivity contribution in [2.45, 2.75) is 0 Å². The molecule has 2 aromatic rings. The molecule has 1 aliphatic rings. The first kappa shape index (κ1) is 18.5. The van der Waals surface area contributed by atoms with E-state index in [0.717, 1.165) is 23.1 Å². The summed E-state index contributed by atoms with van der Waals surface area (Å²) in [6.45, 7) is -0.195. The van der Waals surface area contributed by atoms with Gasteiger partial charge in [0.25, 0.3) is 11.1 Å². The summed E-state index contributed by atoms with van der Waals surface area (Å²) in [6, 6.07) is 14.3. The van der Waals surface area contributed by atoms with Crippen LogP contribution in [0.4, 0.5) is 10.5 Å². The molecule has 8 heteroatoms. The van der Waals surface area contributed by atoms with Crippen molar-refractivity contribution >= 4 is 40.5 Å². The number of carbonyl (C=O) groups is 2. The minimum atomic E-state index is -0.547. The van der Waals surface area contributed by atoms with E-state index in [0.29, 0.717) is 22.2 Å². The molecule has 0 atom stereocenters. The highest BCUT2D eigenvalue weighted by molar-refractivity contribution is 8.18. The number of ether oxygens (including phenoxy) is 2. The molecule has 0 saturated carbocycles. The number of hydrogen-bond donors (Lipinski definition) is 2. The summed E-state index contributed by atoms with van der Waals surface area (Å²) in [7, 11) is 1.59. The number of carbonyl (C=O) groups excluding carboxylic acids is 2. The van der Waals surface area contributed by atoms with E-state index in [1.165, 1.54) is 0 Å². The first-order chi connectivity index (χ1) is 13.0. The number of aliphatic imine (C=N–C) groups is 1. The van der Waals surface area contributed by atoms with Gasteiger partial charge in [0.2, 0.25) is 0 Å². The van der Waals surface area contributed by atoms with Crippen LogP contribution in [0.3, 0.4) is 0 Å². The van der Waals surface area contributed by atoms with E-state index in [9.17, 15) is 9.59 Å². The molecule has 1 saturated heterocycles. The van der Waals surface area contributed by atoms with Crippen molar-refractivity contribution in [3.8, 4) is 11.5 Å². The Morgan fingerprint density at radius 2 is 2.00 bits per heavy atom. The number of hydrogen-bond acceptors (Lipinski definition) is 6. The lowest BCUT2D eigenvalue weighted by Gasteiger charge is -2.05. The van der Waals surface area contributed by atoms with Crippen molar-refractivity contribution in [3.63, 3.8) is 0 Å². The summed E-state index contributed by atoms with van der Waals surface area (Å²) >= 11 is 1.06. The molecule has 0 aromatic heterocycles. The molecule has 0 radical (unpaired) electrons. The maximum Gasteiger partial charge on any atom is 0.289 e. The third-order valence-corrected chi connectivity index (χ3v) is 4.33. The second kappa shape index (κ2) is 8.41. The lowest BCUT2D eigenvalue weighted by molar-refractivity contribution is -0.119. The molecular weight excluding hydrogens is 366 g/mol. The van der Waals surface area contributed by atoms with Gasteiger partial charge >= 0.3 is 0 Å². The maximum atomic E-state index is 11.8. The Hall–Kier alpha value is -3.26. The Balaban J connectivity index is 1.84. The van der Waals surface area contributed by atoms with Crippen molar-refractivity contribution in [2.75, 3.05) is 13.7 Å². The minimum absolute atomic E-state index is 0.195. The zero-order valence-electron chi connectivity index (χ0n) is 14.5. The third-order valence-electron chi connectivity index (χ3n) is 3.51. The van der Waals surface area contributed by atoms with E-state index in [4.69, 9.17) is 15.2 Å². The molecule has 2 aromatic carbocycles. The number of nitrogens with zero attached hydrogens (tertiary/aromatic N) is 1. The monoisotopic (exact) mass is 383 g/mol. The first-order valence-electron chi connectivity index (χ1n) is 7.98. The molecule has 0 spiro atoms. The lowest BCUT2D eigenvalue weighted by Crippen LogP contribution is -2.20. The van der Waals surface area contributed by atoms with Crippen LogP contribution < -0.4 is 20.5 Å². The van der Waals surface area contributed by atoms with Gasteiger partial charge in [-0.3, -0.25) is 9.59 Å². The van der Waals surface area contributed by atoms with Crippen molar-refractivity contribution < 1.29 is 19.1 Å². The van der Waals surface area contributed by atoms with E-state index < -0.39 is 5.91 Å². The van der Waals surface area contributed by atoms with Gasteiger partial charge in [-0.2, -0.15) is 0 Å². The SMILES string of the molecule is COc1ccc(N=C2NC(=O)S/C2=C/c2cccc(OCC(N)=O)c2)cc1. The molecule has 3 rings (SSSR count). The fourth-order valence-corrected chi connectivity index (χ4v) is 3.03. The summed E-state index contributed by atoms with van der Waals surface area (Å²) in [4.78, 5) is 27.8. The summed E-state index contributed by atoms with van der Waals surface area (Å²) < 4.78 is 10.4. The quantitative estimate of drug-likeness (QED) is 0.798. The first-order valence-corrected chi connectivity index (χ1v) is 8.80. The zero-order chi connectivity index (χ0) is 19.2. The molecule has 7 nitrogen and oxygen atoms in total. The number of primary amides is 1. The number of amidine groups is 1. The fourth-order valence-electron chi connectivity index (χ4n) is 2.30. The Morgan fingerprint density at radius 1 is 1.22 bits per heavy atom. The number of nitrogens with two attached hydrogens (primary N) is 1. The Kier molecular flexibility index (Phi) is 5.77. The number of rotatable bonds is 6.